The number of hydrogen-bond acceptors (Lipinski definition) is 11. The van der Waals surface area contributed by atoms with E-state index in [9.17, 15) is 34.5 Å². The van der Waals surface area contributed by atoms with Crippen molar-refractivity contribution in [3.63, 3.8) is 0 Å². The highest BCUT2D eigenvalue weighted by molar-refractivity contribution is 5.74. The van der Waals surface area contributed by atoms with Crippen molar-refractivity contribution in [3.05, 3.63) is 60.8 Å². The third-order valence-corrected chi connectivity index (χ3v) is 14.6. The van der Waals surface area contributed by atoms with Gasteiger partial charge in [0.15, 0.2) is 24.6 Å². The molecule has 1 saturated heterocycles. The largest absolute Gasteiger partial charge is 0.479 e. The fourth-order valence-corrected chi connectivity index (χ4v) is 9.65. The summed E-state index contributed by atoms with van der Waals surface area (Å²) in [5.41, 5.74) is 0. The second-order valence-electron chi connectivity index (χ2n) is 22.0. The monoisotopic (exact) mass is 1110 g/mol. The summed E-state index contributed by atoms with van der Waals surface area (Å²) in [4.78, 5) is 51.3. The maximum Gasteiger partial charge on any atom is 0.335 e. The van der Waals surface area contributed by atoms with Crippen LogP contribution in [0.25, 0.3) is 0 Å². The number of allylic oxidation sites excluding steroid dienone is 10. The summed E-state index contributed by atoms with van der Waals surface area (Å²) in [5, 5.41) is 31.5. The molecule has 0 amide bonds. The number of carboxylic acids is 1. The van der Waals surface area contributed by atoms with Crippen LogP contribution in [0.4, 0.5) is 0 Å². The van der Waals surface area contributed by atoms with E-state index in [-0.39, 0.29) is 25.9 Å². The second-order valence-corrected chi connectivity index (χ2v) is 22.0. The molecular weight excluding hydrogens is 997 g/mol. The van der Waals surface area contributed by atoms with Crippen molar-refractivity contribution in [1.29, 1.82) is 0 Å². The Labute approximate surface area is 481 Å². The number of carboxylic acid groups (broad SMARTS) is 1. The third-order valence-electron chi connectivity index (χ3n) is 14.6. The Balaban J connectivity index is 2.66. The van der Waals surface area contributed by atoms with Gasteiger partial charge in [-0.25, -0.2) is 4.79 Å². The molecule has 0 radical (unpaired) electrons. The normalized spacial score (nSPS) is 18.2. The Bertz CT molecular complexity index is 1600. The summed E-state index contributed by atoms with van der Waals surface area (Å²) in [7, 11) is 0. The van der Waals surface area contributed by atoms with E-state index in [1.165, 1.54) is 116 Å². The summed E-state index contributed by atoms with van der Waals surface area (Å²) in [6.45, 7) is 5.87. The van der Waals surface area contributed by atoms with Gasteiger partial charge in [-0.15, -0.1) is 0 Å². The zero-order valence-electron chi connectivity index (χ0n) is 50.4. The molecule has 0 spiro atoms. The van der Waals surface area contributed by atoms with Gasteiger partial charge in [0.1, 0.15) is 18.8 Å². The quantitative estimate of drug-likeness (QED) is 0.0228. The molecule has 456 valence electrons. The number of rotatable bonds is 55. The molecule has 0 aliphatic carbocycles. The van der Waals surface area contributed by atoms with Gasteiger partial charge in [0.05, 0.1) is 6.61 Å². The van der Waals surface area contributed by atoms with Crippen molar-refractivity contribution in [3.8, 4) is 0 Å². The molecule has 12 nitrogen and oxygen atoms in total. The molecule has 0 aromatic rings. The average Bonchev–Trinajstić information content (AvgIpc) is 3.44. The van der Waals surface area contributed by atoms with Gasteiger partial charge in [-0.05, 0) is 83.5 Å². The van der Waals surface area contributed by atoms with E-state index in [1.807, 2.05) is 0 Å². The van der Waals surface area contributed by atoms with Crippen LogP contribution in [0, 0.1) is 0 Å². The molecular formula is C67H116O12. The van der Waals surface area contributed by atoms with Crippen molar-refractivity contribution in [2.24, 2.45) is 0 Å². The predicted octanol–water partition coefficient (Wildman–Crippen LogP) is 17.1. The average molecular weight is 1110 g/mol. The fourth-order valence-electron chi connectivity index (χ4n) is 9.65. The van der Waals surface area contributed by atoms with Gasteiger partial charge in [-0.3, -0.25) is 14.4 Å². The van der Waals surface area contributed by atoms with Crippen LogP contribution in [0.15, 0.2) is 60.8 Å². The van der Waals surface area contributed by atoms with Crippen LogP contribution in [0.3, 0.4) is 0 Å². The number of esters is 3. The van der Waals surface area contributed by atoms with Gasteiger partial charge >= 0.3 is 23.9 Å². The molecule has 0 bridgehead atoms. The van der Waals surface area contributed by atoms with Gasteiger partial charge in [-0.1, -0.05) is 248 Å². The van der Waals surface area contributed by atoms with E-state index in [0.717, 1.165) is 116 Å². The lowest BCUT2D eigenvalue weighted by atomic mass is 9.98. The number of carbonyl (C=O) groups excluding carboxylic acids is 3. The highest BCUT2D eigenvalue weighted by atomic mass is 16.7. The first kappa shape index (κ1) is 73.4. The zero-order chi connectivity index (χ0) is 57.5. The Hall–Kier alpha value is -3.58. The van der Waals surface area contributed by atoms with Crippen molar-refractivity contribution in [2.75, 3.05) is 13.2 Å². The van der Waals surface area contributed by atoms with Crippen LogP contribution in [0.5, 0.6) is 0 Å². The molecule has 6 atom stereocenters. The molecule has 1 heterocycles. The number of aliphatic hydroxyl groups excluding tert-OH is 2. The smallest absolute Gasteiger partial charge is 0.335 e. The summed E-state index contributed by atoms with van der Waals surface area (Å²) in [5.74, 6) is -3.14. The minimum atomic E-state index is -1.91. The van der Waals surface area contributed by atoms with Crippen LogP contribution in [0.2, 0.25) is 0 Å². The highest BCUT2D eigenvalue weighted by Crippen LogP contribution is 2.27. The van der Waals surface area contributed by atoms with Crippen molar-refractivity contribution in [2.45, 2.75) is 327 Å². The third kappa shape index (κ3) is 44.7. The van der Waals surface area contributed by atoms with Crippen LogP contribution in [-0.2, 0) is 42.9 Å². The topological polar surface area (TPSA) is 175 Å². The number of aliphatic carboxylic acids is 1. The first-order valence-electron chi connectivity index (χ1n) is 32.3. The molecule has 12 heteroatoms. The minimum Gasteiger partial charge on any atom is -0.479 e. The summed E-state index contributed by atoms with van der Waals surface area (Å²) >= 11 is 0. The first-order valence-corrected chi connectivity index (χ1v) is 32.3. The lowest BCUT2D eigenvalue weighted by Crippen LogP contribution is -2.61. The second kappa shape index (κ2) is 55.0. The number of carbonyl (C=O) groups is 4. The first-order chi connectivity index (χ1) is 38.6. The van der Waals surface area contributed by atoms with Gasteiger partial charge in [0, 0.05) is 19.3 Å². The molecule has 0 aromatic heterocycles. The molecule has 79 heavy (non-hydrogen) atoms. The van der Waals surface area contributed by atoms with E-state index < -0.39 is 67.3 Å². The van der Waals surface area contributed by atoms with Crippen LogP contribution >= 0.6 is 0 Å². The lowest BCUT2D eigenvalue weighted by molar-refractivity contribution is -0.301. The number of ether oxygens (including phenoxy) is 5. The molecule has 3 N–H and O–H groups in total. The number of hydrogen-bond donors (Lipinski definition) is 3. The Kier molecular flexibility index (Phi) is 51.1. The maximum atomic E-state index is 13.2. The van der Waals surface area contributed by atoms with E-state index in [4.69, 9.17) is 23.7 Å². The van der Waals surface area contributed by atoms with Crippen LogP contribution in [-0.4, -0.2) is 89.2 Å². The molecule has 1 rings (SSSR count). The molecule has 1 fully saturated rings. The fraction of sp³-hybridized carbons (Fsp3) is 0.791. The zero-order valence-corrected chi connectivity index (χ0v) is 50.4. The summed E-state index contributed by atoms with van der Waals surface area (Å²) in [6, 6.07) is 0. The molecule has 0 saturated carbocycles. The SMILES string of the molecule is CC/C=C\C/C=C\C/C=C\CCCCCCCC(=O)OC1C(OCC(COC(=O)CCCCCCCCCCCCCCCCCCCCC)OC(=O)CCCCCCC/C=C\C/C=C\CCCCC)OC(C(=O)O)C(O)C1O. The van der Waals surface area contributed by atoms with Gasteiger partial charge in [0.2, 0.25) is 0 Å². The number of aliphatic hydroxyl groups is 2. The van der Waals surface area contributed by atoms with Crippen molar-refractivity contribution >= 4 is 23.9 Å². The van der Waals surface area contributed by atoms with Gasteiger partial charge in [-0.2, -0.15) is 0 Å². The molecule has 1 aliphatic heterocycles. The Morgan fingerprint density at radius 3 is 1.24 bits per heavy atom. The van der Waals surface area contributed by atoms with E-state index in [0.29, 0.717) is 19.3 Å². The summed E-state index contributed by atoms with van der Waals surface area (Å²) < 4.78 is 28.5. The van der Waals surface area contributed by atoms with E-state index in [2.05, 4.69) is 81.5 Å². The van der Waals surface area contributed by atoms with Gasteiger partial charge in [0.25, 0.3) is 0 Å². The predicted molar refractivity (Wildman–Crippen MR) is 322 cm³/mol. The van der Waals surface area contributed by atoms with Gasteiger partial charge < -0.3 is 39.0 Å². The lowest BCUT2D eigenvalue weighted by Gasteiger charge is -2.40. The standard InChI is InChI=1S/C67H116O12/c1-4-7-10-13-16-19-22-25-28-29-30-31-34-35-38-41-44-47-50-53-59(68)75-56-58(77-60(69)54-51-48-45-42-39-36-32-26-23-20-17-14-11-8-5-2)57-76-67-65(63(72)62(71)64(79-67)66(73)74)78-61(70)55-52-49-46-43-40-37-33-27-24-21-18-15-12-9-6-3/h9,12,17-18,20-21,26-27,32-33,58,62-65,67,71-72H,4-8,10-11,13-16,19,22-25,28-31,34-57H2,1-3H3,(H,73,74)/b12-9-,20-17-,21-18-,32-26-,33-27-. The highest BCUT2D eigenvalue weighted by Gasteiger charge is 2.50. The minimum absolute atomic E-state index is 0.0396. The Morgan fingerprint density at radius 2 is 0.797 bits per heavy atom. The van der Waals surface area contributed by atoms with Crippen molar-refractivity contribution in [1.82, 2.24) is 0 Å². The number of unbranched alkanes of at least 4 members (excludes halogenated alkanes) is 31. The molecule has 0 aromatic carbocycles. The molecule has 6 unspecified atom stereocenters. The van der Waals surface area contributed by atoms with E-state index in [1.54, 1.807) is 0 Å². The summed E-state index contributed by atoms with van der Waals surface area (Å²) in [6.07, 6.45) is 56.1. The Morgan fingerprint density at radius 1 is 0.430 bits per heavy atom. The van der Waals surface area contributed by atoms with Crippen LogP contribution in [0.1, 0.15) is 290 Å². The molecule has 1 aliphatic rings. The van der Waals surface area contributed by atoms with E-state index >= 15 is 0 Å². The maximum absolute atomic E-state index is 13.2. The van der Waals surface area contributed by atoms with Crippen LogP contribution < -0.4 is 0 Å². The van der Waals surface area contributed by atoms with Crippen molar-refractivity contribution < 1.29 is 58.2 Å².